The zero-order chi connectivity index (χ0) is 14.6. The van der Waals surface area contributed by atoms with Crippen LogP contribution in [0.3, 0.4) is 0 Å². The maximum Gasteiger partial charge on any atom is 0.411 e. The van der Waals surface area contributed by atoms with Crippen molar-refractivity contribution in [3.8, 4) is 5.75 Å². The number of alkyl halides is 3. The number of benzene rings is 1. The Hall–Kier alpha value is -1.76. The van der Waals surface area contributed by atoms with E-state index in [1.54, 1.807) is 18.2 Å². The molecule has 0 aliphatic heterocycles. The van der Waals surface area contributed by atoms with Gasteiger partial charge in [0.15, 0.2) is 0 Å². The number of oxime groups is 1. The van der Waals surface area contributed by atoms with Crippen LogP contribution in [-0.4, -0.2) is 36.9 Å². The summed E-state index contributed by atoms with van der Waals surface area (Å²) in [6.45, 7) is -1.34. The van der Waals surface area contributed by atoms with Gasteiger partial charge in [0.25, 0.3) is 0 Å². The van der Waals surface area contributed by atoms with Gasteiger partial charge in [-0.25, -0.2) is 0 Å². The summed E-state index contributed by atoms with van der Waals surface area (Å²) in [4.78, 5) is 0. The molecule has 7 heteroatoms. The molecule has 1 aliphatic carbocycles. The van der Waals surface area contributed by atoms with Crippen LogP contribution in [0.1, 0.15) is 17.5 Å². The van der Waals surface area contributed by atoms with Crippen LogP contribution >= 0.6 is 0 Å². The Morgan fingerprint density at radius 2 is 2.00 bits per heavy atom. The van der Waals surface area contributed by atoms with Crippen molar-refractivity contribution in [2.45, 2.75) is 19.0 Å². The number of halogens is 3. The molecule has 0 saturated heterocycles. The van der Waals surface area contributed by atoms with E-state index in [-0.39, 0.29) is 13.2 Å². The number of hydrogen-bond acceptors (Lipinski definition) is 4. The summed E-state index contributed by atoms with van der Waals surface area (Å²) in [5.41, 5.74) is 2.53. The molecule has 110 valence electrons. The van der Waals surface area contributed by atoms with Crippen molar-refractivity contribution in [3.05, 3.63) is 29.3 Å². The van der Waals surface area contributed by atoms with E-state index in [0.717, 1.165) is 17.5 Å². The number of ether oxygens (including phenoxy) is 2. The summed E-state index contributed by atoms with van der Waals surface area (Å²) in [5, 5.41) is 12.0. The normalized spacial score (nSPS) is 16.4. The molecule has 0 bridgehead atoms. The second kappa shape index (κ2) is 6.13. The summed E-state index contributed by atoms with van der Waals surface area (Å²) in [5.74, 6) is 0.568. The molecule has 0 amide bonds. The van der Waals surface area contributed by atoms with E-state index in [0.29, 0.717) is 17.9 Å². The molecule has 0 atom stereocenters. The molecule has 0 heterocycles. The molecule has 20 heavy (non-hydrogen) atoms. The smallest absolute Gasteiger partial charge is 0.411 e. The molecule has 1 aliphatic rings. The first-order valence-electron chi connectivity index (χ1n) is 6.11. The van der Waals surface area contributed by atoms with Crippen molar-refractivity contribution in [2.75, 3.05) is 19.8 Å². The first-order valence-corrected chi connectivity index (χ1v) is 6.11. The largest absolute Gasteiger partial charge is 0.491 e. The molecule has 0 fully saturated rings. The lowest BCUT2D eigenvalue weighted by Gasteiger charge is -2.10. The maximum absolute atomic E-state index is 11.8. The van der Waals surface area contributed by atoms with Crippen LogP contribution in [0.4, 0.5) is 13.2 Å². The average molecular weight is 289 g/mol. The highest BCUT2D eigenvalue weighted by Gasteiger charge is 2.27. The molecule has 1 aromatic carbocycles. The van der Waals surface area contributed by atoms with E-state index < -0.39 is 12.8 Å². The Morgan fingerprint density at radius 1 is 1.20 bits per heavy atom. The van der Waals surface area contributed by atoms with Crippen LogP contribution in [0.2, 0.25) is 0 Å². The van der Waals surface area contributed by atoms with Gasteiger partial charge in [0.2, 0.25) is 0 Å². The van der Waals surface area contributed by atoms with Crippen molar-refractivity contribution < 1.29 is 27.9 Å². The van der Waals surface area contributed by atoms with E-state index in [4.69, 9.17) is 9.94 Å². The molecule has 0 spiro atoms. The number of fused-ring (bicyclic) bond motifs is 1. The van der Waals surface area contributed by atoms with Gasteiger partial charge >= 0.3 is 6.18 Å². The SMILES string of the molecule is O/N=C1/CCc2cc(OCCOCC(F)(F)F)ccc21. The third-order valence-corrected chi connectivity index (χ3v) is 2.90. The molecule has 0 radical (unpaired) electrons. The monoisotopic (exact) mass is 289 g/mol. The van der Waals surface area contributed by atoms with Crippen molar-refractivity contribution in [2.24, 2.45) is 5.16 Å². The van der Waals surface area contributed by atoms with E-state index in [1.807, 2.05) is 0 Å². The Labute approximate surface area is 113 Å². The molecule has 1 aromatic rings. The molecule has 0 saturated carbocycles. The fraction of sp³-hybridized carbons (Fsp3) is 0.462. The maximum atomic E-state index is 11.8. The fourth-order valence-corrected chi connectivity index (χ4v) is 2.05. The molecule has 2 rings (SSSR count). The Morgan fingerprint density at radius 3 is 2.70 bits per heavy atom. The van der Waals surface area contributed by atoms with E-state index in [2.05, 4.69) is 9.89 Å². The van der Waals surface area contributed by atoms with Gasteiger partial charge in [-0.3, -0.25) is 0 Å². The molecule has 1 N–H and O–H groups in total. The minimum Gasteiger partial charge on any atom is -0.491 e. The predicted molar refractivity (Wildman–Crippen MR) is 65.5 cm³/mol. The number of aryl methyl sites for hydroxylation is 1. The van der Waals surface area contributed by atoms with Crippen molar-refractivity contribution in [1.82, 2.24) is 0 Å². The number of hydrogen-bond donors (Lipinski definition) is 1. The molecular formula is C13H14F3NO3. The van der Waals surface area contributed by atoms with Crippen LogP contribution in [0.25, 0.3) is 0 Å². The van der Waals surface area contributed by atoms with E-state index >= 15 is 0 Å². The zero-order valence-electron chi connectivity index (χ0n) is 10.6. The molecule has 4 nitrogen and oxygen atoms in total. The topological polar surface area (TPSA) is 51.1 Å². The first-order chi connectivity index (χ1) is 9.49. The lowest BCUT2D eigenvalue weighted by atomic mass is 10.1. The summed E-state index contributed by atoms with van der Waals surface area (Å²) >= 11 is 0. The zero-order valence-corrected chi connectivity index (χ0v) is 10.6. The van der Waals surface area contributed by atoms with Crippen molar-refractivity contribution >= 4 is 5.71 Å². The average Bonchev–Trinajstić information content (AvgIpc) is 2.79. The minimum absolute atomic E-state index is 0.0514. The Bertz CT molecular complexity index is 500. The summed E-state index contributed by atoms with van der Waals surface area (Å²) in [6, 6.07) is 5.28. The highest BCUT2D eigenvalue weighted by molar-refractivity contribution is 6.04. The standard InChI is InChI=1S/C13H14F3NO3/c14-13(15,16)8-19-5-6-20-10-2-3-11-9(7-10)1-4-12(11)17-18/h2-3,7,18H,1,4-6,8H2/b17-12-. The lowest BCUT2D eigenvalue weighted by molar-refractivity contribution is -0.175. The van der Waals surface area contributed by atoms with Gasteiger partial charge in [0.05, 0.1) is 12.3 Å². The number of nitrogens with zero attached hydrogens (tertiary/aromatic N) is 1. The molecular weight excluding hydrogens is 275 g/mol. The van der Waals surface area contributed by atoms with Crippen LogP contribution < -0.4 is 4.74 Å². The lowest BCUT2D eigenvalue weighted by Crippen LogP contribution is -2.19. The van der Waals surface area contributed by atoms with Crippen LogP contribution in [0.15, 0.2) is 23.4 Å². The summed E-state index contributed by atoms with van der Waals surface area (Å²) in [6.07, 6.45) is -2.88. The van der Waals surface area contributed by atoms with Crippen LogP contribution in [0, 0.1) is 0 Å². The second-order valence-electron chi connectivity index (χ2n) is 4.38. The van der Waals surface area contributed by atoms with Gasteiger partial charge < -0.3 is 14.7 Å². The first kappa shape index (κ1) is 14.6. The molecule has 0 aromatic heterocycles. The Kier molecular flexibility index (Phi) is 4.49. The van der Waals surface area contributed by atoms with Crippen LogP contribution in [0.5, 0.6) is 5.75 Å². The fourth-order valence-electron chi connectivity index (χ4n) is 2.05. The predicted octanol–water partition coefficient (Wildman–Crippen LogP) is 2.77. The summed E-state index contributed by atoms with van der Waals surface area (Å²) in [7, 11) is 0. The quantitative estimate of drug-likeness (QED) is 0.515. The van der Waals surface area contributed by atoms with E-state index in [1.165, 1.54) is 0 Å². The van der Waals surface area contributed by atoms with Crippen LogP contribution in [-0.2, 0) is 11.2 Å². The highest BCUT2D eigenvalue weighted by atomic mass is 19.4. The third kappa shape index (κ3) is 3.86. The highest BCUT2D eigenvalue weighted by Crippen LogP contribution is 2.26. The third-order valence-electron chi connectivity index (χ3n) is 2.90. The van der Waals surface area contributed by atoms with Gasteiger partial charge in [-0.05, 0) is 36.6 Å². The van der Waals surface area contributed by atoms with Crippen molar-refractivity contribution in [3.63, 3.8) is 0 Å². The van der Waals surface area contributed by atoms with Gasteiger partial charge in [-0.2, -0.15) is 13.2 Å². The van der Waals surface area contributed by atoms with Crippen molar-refractivity contribution in [1.29, 1.82) is 0 Å². The van der Waals surface area contributed by atoms with Gasteiger partial charge in [-0.15, -0.1) is 0 Å². The Balaban J connectivity index is 1.81. The minimum atomic E-state index is -4.31. The summed E-state index contributed by atoms with van der Waals surface area (Å²) < 4.78 is 45.3. The van der Waals surface area contributed by atoms with Gasteiger partial charge in [-0.1, -0.05) is 5.16 Å². The second-order valence-corrected chi connectivity index (χ2v) is 4.38. The number of rotatable bonds is 5. The molecule has 0 unspecified atom stereocenters. The van der Waals surface area contributed by atoms with E-state index in [9.17, 15) is 13.2 Å². The van der Waals surface area contributed by atoms with Gasteiger partial charge in [0.1, 0.15) is 19.0 Å². The van der Waals surface area contributed by atoms with Gasteiger partial charge in [0, 0.05) is 5.56 Å².